The Morgan fingerprint density at radius 3 is 2.62 bits per heavy atom. The molecule has 2 aromatic carbocycles. The molecular weight excluding hydrogens is 350 g/mol. The number of esters is 1. The van der Waals surface area contributed by atoms with Crippen molar-refractivity contribution in [3.8, 4) is 5.75 Å². The van der Waals surface area contributed by atoms with Gasteiger partial charge in [0.15, 0.2) is 6.61 Å². The number of rotatable bonds is 6. The summed E-state index contributed by atoms with van der Waals surface area (Å²) in [5.41, 5.74) is 0.725. The van der Waals surface area contributed by atoms with Crippen LogP contribution in [-0.2, 0) is 9.53 Å². The van der Waals surface area contributed by atoms with Crippen molar-refractivity contribution in [3.05, 3.63) is 53.1 Å². The average molecular weight is 366 g/mol. The zero-order valence-corrected chi connectivity index (χ0v) is 14.7. The number of carbonyl (C=O) groups excluding carboxylic acids is 2. The molecule has 0 radical (unpaired) electrons. The highest BCUT2D eigenvalue weighted by atomic mass is 35.5. The normalized spacial score (nSPS) is 10.1. The second kappa shape index (κ2) is 8.61. The Balaban J connectivity index is 1.98. The third-order valence-corrected chi connectivity index (χ3v) is 4.17. The fraction of sp³-hybridized carbons (Fsp3) is 0.176. The maximum atomic E-state index is 12.1. The van der Waals surface area contributed by atoms with Crippen LogP contribution in [0.5, 0.6) is 5.75 Å². The second-order valence-electron chi connectivity index (χ2n) is 4.67. The number of halogens is 1. The summed E-state index contributed by atoms with van der Waals surface area (Å²) in [5, 5.41) is 2.99. The highest BCUT2D eigenvalue weighted by molar-refractivity contribution is 7.98. The topological polar surface area (TPSA) is 64.6 Å². The minimum absolute atomic E-state index is 0.265. The van der Waals surface area contributed by atoms with E-state index in [1.807, 2.05) is 6.26 Å². The molecule has 1 amide bonds. The van der Waals surface area contributed by atoms with Crippen molar-refractivity contribution in [1.82, 2.24) is 0 Å². The largest absolute Gasteiger partial charge is 0.496 e. The molecule has 0 unspecified atom stereocenters. The van der Waals surface area contributed by atoms with Crippen LogP contribution >= 0.6 is 23.4 Å². The first-order valence-corrected chi connectivity index (χ1v) is 8.59. The van der Waals surface area contributed by atoms with E-state index in [-0.39, 0.29) is 5.56 Å². The average Bonchev–Trinajstić information content (AvgIpc) is 2.61. The predicted molar refractivity (Wildman–Crippen MR) is 95.1 cm³/mol. The number of hydrogen-bond acceptors (Lipinski definition) is 5. The first kappa shape index (κ1) is 18.2. The van der Waals surface area contributed by atoms with E-state index in [0.717, 1.165) is 4.90 Å². The Morgan fingerprint density at radius 1 is 1.21 bits per heavy atom. The van der Waals surface area contributed by atoms with Crippen LogP contribution in [0.25, 0.3) is 0 Å². The number of thioether (sulfide) groups is 1. The molecule has 0 atom stereocenters. The molecule has 24 heavy (non-hydrogen) atoms. The standard InChI is InChI=1S/C17H16ClNO4S/c1-22-15-9-11(24-2)7-8-12(15)17(21)23-10-16(20)19-14-6-4-3-5-13(14)18/h3-9H,10H2,1-2H3,(H,19,20). The maximum absolute atomic E-state index is 12.1. The molecule has 7 heteroatoms. The fourth-order valence-corrected chi connectivity index (χ4v) is 2.54. The van der Waals surface area contributed by atoms with Gasteiger partial charge in [0.25, 0.3) is 5.91 Å². The van der Waals surface area contributed by atoms with Crippen LogP contribution in [0.3, 0.4) is 0 Å². The highest BCUT2D eigenvalue weighted by Gasteiger charge is 2.16. The number of amides is 1. The van der Waals surface area contributed by atoms with Crippen LogP contribution in [0.2, 0.25) is 5.02 Å². The summed E-state index contributed by atoms with van der Waals surface area (Å²) in [6.45, 7) is -0.419. The van der Waals surface area contributed by atoms with Gasteiger partial charge in [-0.3, -0.25) is 4.79 Å². The molecule has 2 rings (SSSR count). The van der Waals surface area contributed by atoms with Gasteiger partial charge in [-0.15, -0.1) is 11.8 Å². The van der Waals surface area contributed by atoms with Gasteiger partial charge in [-0.25, -0.2) is 4.79 Å². The number of para-hydroxylation sites is 1. The summed E-state index contributed by atoms with van der Waals surface area (Å²) < 4.78 is 10.2. The Bertz CT molecular complexity index is 751. The van der Waals surface area contributed by atoms with E-state index in [2.05, 4.69) is 5.32 Å². The van der Waals surface area contributed by atoms with Gasteiger partial charge in [-0.2, -0.15) is 0 Å². The molecule has 126 valence electrons. The Hall–Kier alpha value is -2.18. The van der Waals surface area contributed by atoms with Gasteiger partial charge < -0.3 is 14.8 Å². The number of nitrogens with one attached hydrogen (secondary N) is 1. The van der Waals surface area contributed by atoms with Crippen molar-refractivity contribution >= 4 is 40.9 Å². The molecular formula is C17H16ClNO4S. The van der Waals surface area contributed by atoms with Crippen molar-refractivity contribution in [3.63, 3.8) is 0 Å². The van der Waals surface area contributed by atoms with Gasteiger partial charge >= 0.3 is 5.97 Å². The molecule has 5 nitrogen and oxygen atoms in total. The zero-order chi connectivity index (χ0) is 17.5. The molecule has 0 spiro atoms. The molecule has 0 aromatic heterocycles. The van der Waals surface area contributed by atoms with Gasteiger partial charge in [0.1, 0.15) is 11.3 Å². The van der Waals surface area contributed by atoms with E-state index in [4.69, 9.17) is 21.1 Å². The van der Waals surface area contributed by atoms with Gasteiger partial charge in [-0.05, 0) is 36.6 Å². The smallest absolute Gasteiger partial charge is 0.342 e. The third kappa shape index (κ3) is 4.66. The number of ether oxygens (including phenoxy) is 2. The van der Waals surface area contributed by atoms with Crippen LogP contribution in [0.4, 0.5) is 5.69 Å². The molecule has 0 saturated heterocycles. The molecule has 0 saturated carbocycles. The third-order valence-electron chi connectivity index (χ3n) is 3.11. The van der Waals surface area contributed by atoms with Crippen molar-refractivity contribution in [2.45, 2.75) is 4.90 Å². The quantitative estimate of drug-likeness (QED) is 0.622. The van der Waals surface area contributed by atoms with E-state index in [0.29, 0.717) is 16.5 Å². The predicted octanol–water partition coefficient (Wildman–Crippen LogP) is 3.87. The summed E-state index contributed by atoms with van der Waals surface area (Å²) in [6.07, 6.45) is 1.92. The number of hydrogen-bond donors (Lipinski definition) is 1. The lowest BCUT2D eigenvalue weighted by Gasteiger charge is -2.10. The summed E-state index contributed by atoms with van der Waals surface area (Å²) in [7, 11) is 1.47. The highest BCUT2D eigenvalue weighted by Crippen LogP contribution is 2.26. The SMILES string of the molecule is COc1cc(SC)ccc1C(=O)OCC(=O)Nc1ccccc1Cl. The van der Waals surface area contributed by atoms with Crippen molar-refractivity contribution in [2.24, 2.45) is 0 Å². The van der Waals surface area contributed by atoms with Crippen LogP contribution in [-0.4, -0.2) is 31.8 Å². The van der Waals surface area contributed by atoms with Crippen LogP contribution in [0.15, 0.2) is 47.4 Å². The minimum atomic E-state index is -0.631. The Kier molecular flexibility index (Phi) is 6.52. The van der Waals surface area contributed by atoms with Gasteiger partial charge in [0.2, 0.25) is 0 Å². The lowest BCUT2D eigenvalue weighted by molar-refractivity contribution is -0.119. The molecule has 0 aliphatic rings. The van der Waals surface area contributed by atoms with Gasteiger partial charge in [-0.1, -0.05) is 23.7 Å². The summed E-state index contributed by atoms with van der Waals surface area (Å²) in [4.78, 5) is 25.0. The minimum Gasteiger partial charge on any atom is -0.496 e. The molecule has 2 aromatic rings. The van der Waals surface area contributed by atoms with Crippen LogP contribution < -0.4 is 10.1 Å². The molecule has 0 fully saturated rings. The first-order chi connectivity index (χ1) is 11.5. The molecule has 1 N–H and O–H groups in total. The lowest BCUT2D eigenvalue weighted by Crippen LogP contribution is -2.21. The Morgan fingerprint density at radius 2 is 1.96 bits per heavy atom. The molecule has 0 aliphatic carbocycles. The lowest BCUT2D eigenvalue weighted by atomic mass is 10.2. The van der Waals surface area contributed by atoms with Gasteiger partial charge in [0, 0.05) is 4.90 Å². The second-order valence-corrected chi connectivity index (χ2v) is 5.96. The van der Waals surface area contributed by atoms with Gasteiger partial charge in [0.05, 0.1) is 17.8 Å². The van der Waals surface area contributed by atoms with E-state index < -0.39 is 18.5 Å². The van der Waals surface area contributed by atoms with Crippen LogP contribution in [0, 0.1) is 0 Å². The fourth-order valence-electron chi connectivity index (χ4n) is 1.92. The van der Waals surface area contributed by atoms with Crippen LogP contribution in [0.1, 0.15) is 10.4 Å². The zero-order valence-electron chi connectivity index (χ0n) is 13.2. The maximum Gasteiger partial charge on any atom is 0.342 e. The summed E-state index contributed by atoms with van der Waals surface area (Å²) in [6, 6.07) is 11.9. The summed E-state index contributed by atoms with van der Waals surface area (Å²) in [5.74, 6) is -0.705. The molecule has 0 heterocycles. The first-order valence-electron chi connectivity index (χ1n) is 6.98. The monoisotopic (exact) mass is 365 g/mol. The molecule has 0 aliphatic heterocycles. The van der Waals surface area contributed by atoms with E-state index >= 15 is 0 Å². The van der Waals surface area contributed by atoms with Crippen molar-refractivity contribution in [1.29, 1.82) is 0 Å². The van der Waals surface area contributed by atoms with E-state index in [1.54, 1.807) is 42.5 Å². The van der Waals surface area contributed by atoms with E-state index in [1.165, 1.54) is 18.9 Å². The molecule has 0 bridgehead atoms. The van der Waals surface area contributed by atoms with Crippen molar-refractivity contribution < 1.29 is 19.1 Å². The summed E-state index contributed by atoms with van der Waals surface area (Å²) >= 11 is 7.48. The number of carbonyl (C=O) groups is 2. The van der Waals surface area contributed by atoms with E-state index in [9.17, 15) is 9.59 Å². The number of anilines is 1. The van der Waals surface area contributed by atoms with Crippen molar-refractivity contribution in [2.75, 3.05) is 25.3 Å². The number of methoxy groups -OCH3 is 1. The number of benzene rings is 2. The Labute approximate surface area is 149 Å².